The van der Waals surface area contributed by atoms with Crippen LogP contribution in [0.5, 0.6) is 0 Å². The maximum atomic E-state index is 12.7. The lowest BCUT2D eigenvalue weighted by Crippen LogP contribution is -2.19. The third kappa shape index (κ3) is 5.38. The molecule has 0 aliphatic heterocycles. The summed E-state index contributed by atoms with van der Waals surface area (Å²) < 4.78 is 31.4. The molecular formula is C20H23N3O4S3. The third-order valence-electron chi connectivity index (χ3n) is 4.26. The lowest BCUT2D eigenvalue weighted by Gasteiger charge is -2.06. The number of thiazole rings is 1. The number of primary sulfonamides is 1. The zero-order valence-corrected chi connectivity index (χ0v) is 19.1. The Morgan fingerprint density at radius 2 is 1.93 bits per heavy atom. The molecule has 10 heteroatoms. The van der Waals surface area contributed by atoms with Crippen LogP contribution in [0.25, 0.3) is 10.2 Å². The van der Waals surface area contributed by atoms with E-state index in [-0.39, 0.29) is 10.8 Å². The number of rotatable bonds is 8. The number of hydrogen-bond acceptors (Lipinski definition) is 6. The fourth-order valence-corrected chi connectivity index (χ4v) is 5.21. The highest BCUT2D eigenvalue weighted by Gasteiger charge is 2.14. The Bertz CT molecular complexity index is 1210. The number of amides is 1. The van der Waals surface area contributed by atoms with Crippen LogP contribution in [0.3, 0.4) is 0 Å². The first kappa shape index (κ1) is 22.7. The van der Waals surface area contributed by atoms with Crippen molar-refractivity contribution in [1.82, 2.24) is 4.57 Å². The summed E-state index contributed by atoms with van der Waals surface area (Å²) in [6, 6.07) is 12.0. The topological polar surface area (TPSA) is 104 Å². The average Bonchev–Trinajstić information content (AvgIpc) is 3.04. The number of nitrogens with zero attached hydrogens (tertiary/aromatic N) is 2. The molecule has 3 rings (SSSR count). The van der Waals surface area contributed by atoms with E-state index in [1.54, 1.807) is 30.0 Å². The summed E-state index contributed by atoms with van der Waals surface area (Å²) in [6.45, 7) is 5.49. The molecule has 0 atom stereocenters. The van der Waals surface area contributed by atoms with Crippen molar-refractivity contribution in [2.45, 2.75) is 30.2 Å². The summed E-state index contributed by atoms with van der Waals surface area (Å²) >= 11 is 2.94. The first-order valence-corrected chi connectivity index (χ1v) is 12.7. The Morgan fingerprint density at radius 3 is 2.57 bits per heavy atom. The Labute approximate surface area is 183 Å². The van der Waals surface area contributed by atoms with Crippen LogP contribution in [0.1, 0.15) is 24.2 Å². The van der Waals surface area contributed by atoms with Crippen molar-refractivity contribution < 1.29 is 17.9 Å². The van der Waals surface area contributed by atoms with Gasteiger partial charge in [-0.15, -0.1) is 11.8 Å². The summed E-state index contributed by atoms with van der Waals surface area (Å²) in [5.74, 6) is 0.603. The van der Waals surface area contributed by atoms with E-state index >= 15 is 0 Å². The molecule has 0 saturated carbocycles. The molecule has 1 heterocycles. The molecule has 30 heavy (non-hydrogen) atoms. The summed E-state index contributed by atoms with van der Waals surface area (Å²) in [7, 11) is -3.82. The molecule has 0 aliphatic rings. The second-order valence-corrected chi connectivity index (χ2v) is 10.2. The minimum Gasteiger partial charge on any atom is -0.380 e. The predicted octanol–water partition coefficient (Wildman–Crippen LogP) is 3.24. The largest absolute Gasteiger partial charge is 0.380 e. The van der Waals surface area contributed by atoms with Gasteiger partial charge in [0.2, 0.25) is 10.0 Å². The number of ether oxygens (including phenoxy) is 1. The SMILES string of the molecule is CCOCCn1c(=NC(=O)c2ccc(SCC)cc2)sc2cc(S(N)(=O)=O)ccc21. The molecule has 0 spiro atoms. The molecule has 0 aliphatic carbocycles. The van der Waals surface area contributed by atoms with Gasteiger partial charge in [-0.3, -0.25) is 4.79 Å². The normalized spacial score (nSPS) is 12.6. The smallest absolute Gasteiger partial charge is 0.279 e. The van der Waals surface area contributed by atoms with Gasteiger partial charge >= 0.3 is 0 Å². The van der Waals surface area contributed by atoms with Crippen molar-refractivity contribution in [1.29, 1.82) is 0 Å². The van der Waals surface area contributed by atoms with Crippen molar-refractivity contribution in [3.05, 3.63) is 52.8 Å². The number of thioether (sulfide) groups is 1. The fraction of sp³-hybridized carbons (Fsp3) is 0.300. The molecule has 7 nitrogen and oxygen atoms in total. The molecule has 0 saturated heterocycles. The van der Waals surface area contributed by atoms with Gasteiger partial charge in [-0.1, -0.05) is 18.3 Å². The molecule has 0 bridgehead atoms. The number of hydrogen-bond donors (Lipinski definition) is 1. The molecule has 3 aromatic rings. The Kier molecular flexibility index (Phi) is 7.48. The van der Waals surface area contributed by atoms with Crippen molar-refractivity contribution in [3.8, 4) is 0 Å². The van der Waals surface area contributed by atoms with Crippen LogP contribution < -0.4 is 9.94 Å². The van der Waals surface area contributed by atoms with Gasteiger partial charge in [-0.25, -0.2) is 13.6 Å². The molecular weight excluding hydrogens is 442 g/mol. The maximum absolute atomic E-state index is 12.7. The van der Waals surface area contributed by atoms with Crippen LogP contribution in [0, 0.1) is 0 Å². The fourth-order valence-electron chi connectivity index (χ4n) is 2.84. The molecule has 0 radical (unpaired) electrons. The first-order chi connectivity index (χ1) is 14.3. The lowest BCUT2D eigenvalue weighted by molar-refractivity contribution is 0.0996. The molecule has 2 N–H and O–H groups in total. The molecule has 1 amide bonds. The van der Waals surface area contributed by atoms with Crippen LogP contribution in [-0.4, -0.2) is 37.9 Å². The van der Waals surface area contributed by atoms with Crippen LogP contribution in [-0.2, 0) is 21.3 Å². The molecule has 160 valence electrons. The van der Waals surface area contributed by atoms with Crippen LogP contribution in [0.15, 0.2) is 57.2 Å². The van der Waals surface area contributed by atoms with Gasteiger partial charge in [0.15, 0.2) is 4.80 Å². The predicted molar refractivity (Wildman–Crippen MR) is 120 cm³/mol. The Morgan fingerprint density at radius 1 is 1.20 bits per heavy atom. The van der Waals surface area contributed by atoms with Gasteiger partial charge in [0, 0.05) is 23.6 Å². The third-order valence-corrected chi connectivity index (χ3v) is 7.10. The molecule has 2 aromatic carbocycles. The van der Waals surface area contributed by atoms with Crippen molar-refractivity contribution in [2.24, 2.45) is 10.1 Å². The van der Waals surface area contributed by atoms with Gasteiger partial charge in [-0.2, -0.15) is 4.99 Å². The number of benzene rings is 2. The van der Waals surface area contributed by atoms with E-state index in [0.717, 1.165) is 16.2 Å². The minimum absolute atomic E-state index is 0.0232. The van der Waals surface area contributed by atoms with Crippen LogP contribution >= 0.6 is 23.1 Å². The summed E-state index contributed by atoms with van der Waals surface area (Å²) in [6.07, 6.45) is 0. The standard InChI is InChI=1S/C20H23N3O4S3/c1-3-27-12-11-23-17-10-9-16(30(21,25)26)13-18(17)29-20(23)22-19(24)14-5-7-15(8-6-14)28-4-2/h5-10,13H,3-4,11-12H2,1-2H3,(H2,21,25,26). The van der Waals surface area contributed by atoms with E-state index in [4.69, 9.17) is 9.88 Å². The number of aromatic nitrogens is 1. The second-order valence-electron chi connectivity index (χ2n) is 6.28. The monoisotopic (exact) mass is 465 g/mol. The summed E-state index contributed by atoms with van der Waals surface area (Å²) in [5.41, 5.74) is 1.27. The van der Waals surface area contributed by atoms with E-state index in [1.165, 1.54) is 23.5 Å². The van der Waals surface area contributed by atoms with E-state index in [2.05, 4.69) is 11.9 Å². The molecule has 0 unspecified atom stereocenters. The van der Waals surface area contributed by atoms with Crippen LogP contribution in [0.2, 0.25) is 0 Å². The van der Waals surface area contributed by atoms with Crippen molar-refractivity contribution >= 4 is 49.2 Å². The Hall–Kier alpha value is -1.98. The first-order valence-electron chi connectivity index (χ1n) is 9.39. The zero-order valence-electron chi connectivity index (χ0n) is 16.7. The highest BCUT2D eigenvalue weighted by Crippen LogP contribution is 2.22. The van der Waals surface area contributed by atoms with Crippen molar-refractivity contribution in [3.63, 3.8) is 0 Å². The van der Waals surface area contributed by atoms with E-state index < -0.39 is 10.0 Å². The highest BCUT2D eigenvalue weighted by molar-refractivity contribution is 7.99. The molecule has 1 aromatic heterocycles. The van der Waals surface area contributed by atoms with Gasteiger partial charge in [0.05, 0.1) is 21.7 Å². The number of fused-ring (bicyclic) bond motifs is 1. The summed E-state index contributed by atoms with van der Waals surface area (Å²) in [4.78, 5) is 18.7. The van der Waals surface area contributed by atoms with Crippen molar-refractivity contribution in [2.75, 3.05) is 19.0 Å². The van der Waals surface area contributed by atoms with E-state index in [0.29, 0.717) is 34.8 Å². The van der Waals surface area contributed by atoms with Gasteiger partial charge < -0.3 is 9.30 Å². The van der Waals surface area contributed by atoms with Crippen LogP contribution in [0.4, 0.5) is 0 Å². The highest BCUT2D eigenvalue weighted by atomic mass is 32.2. The average molecular weight is 466 g/mol. The van der Waals surface area contributed by atoms with E-state index in [1.807, 2.05) is 23.6 Å². The second kappa shape index (κ2) is 9.88. The number of carbonyl (C=O) groups excluding carboxylic acids is 1. The number of sulfonamides is 1. The number of carbonyl (C=O) groups is 1. The summed E-state index contributed by atoms with van der Waals surface area (Å²) in [5, 5.41) is 5.25. The van der Waals surface area contributed by atoms with Gasteiger partial charge in [0.25, 0.3) is 5.91 Å². The quantitative estimate of drug-likeness (QED) is 0.406. The maximum Gasteiger partial charge on any atom is 0.279 e. The van der Waals surface area contributed by atoms with E-state index in [9.17, 15) is 13.2 Å². The lowest BCUT2D eigenvalue weighted by atomic mass is 10.2. The zero-order chi connectivity index (χ0) is 21.7. The minimum atomic E-state index is -3.82. The van der Waals surface area contributed by atoms with Gasteiger partial charge in [0.1, 0.15) is 0 Å². The molecule has 0 fully saturated rings. The number of nitrogens with two attached hydrogens (primary N) is 1. The van der Waals surface area contributed by atoms with Gasteiger partial charge in [-0.05, 0) is 55.1 Å². The Balaban J connectivity index is 2.05.